The molecule has 8 nitrogen and oxygen atoms in total. The molecule has 3 N–H and O–H groups in total. The van der Waals surface area contributed by atoms with E-state index in [0.717, 1.165) is 38.5 Å². The van der Waals surface area contributed by atoms with Crippen molar-refractivity contribution in [1.82, 2.24) is 15.5 Å². The second-order valence-corrected chi connectivity index (χ2v) is 9.46. The van der Waals surface area contributed by atoms with Crippen LogP contribution in [0.25, 0.3) is 0 Å². The van der Waals surface area contributed by atoms with Crippen LogP contribution in [0.5, 0.6) is 5.75 Å². The molecule has 0 aliphatic carbocycles. The molecule has 1 rings (SSSR count). The minimum absolute atomic E-state index is 0.0531. The van der Waals surface area contributed by atoms with Crippen LogP contribution in [0.2, 0.25) is 0 Å². The van der Waals surface area contributed by atoms with E-state index in [9.17, 15) is 19.5 Å². The summed E-state index contributed by atoms with van der Waals surface area (Å²) in [6.07, 6.45) is 5.82. The van der Waals surface area contributed by atoms with Crippen molar-refractivity contribution >= 4 is 17.9 Å². The first-order chi connectivity index (χ1) is 16.1. The molecule has 0 fully saturated rings. The number of carbonyl (C=O) groups excluding carboxylic acids is 3. The van der Waals surface area contributed by atoms with Crippen molar-refractivity contribution in [3.8, 4) is 5.75 Å². The molecule has 3 amide bonds. The Labute approximate surface area is 204 Å². The van der Waals surface area contributed by atoms with Gasteiger partial charge in [-0.15, -0.1) is 0 Å². The monoisotopic (exact) mass is 477 g/mol. The predicted molar refractivity (Wildman–Crippen MR) is 133 cm³/mol. The number of carbonyl (C=O) groups is 3. The first-order valence-corrected chi connectivity index (χ1v) is 12.4. The van der Waals surface area contributed by atoms with Gasteiger partial charge in [0.2, 0.25) is 11.8 Å². The molecule has 1 aromatic carbocycles. The molecular weight excluding hydrogens is 434 g/mol. The Hall–Kier alpha value is -2.77. The summed E-state index contributed by atoms with van der Waals surface area (Å²) in [6.45, 7) is 9.92. The maximum atomic E-state index is 13.3. The van der Waals surface area contributed by atoms with E-state index in [1.54, 1.807) is 39.0 Å². The van der Waals surface area contributed by atoms with Gasteiger partial charge in [-0.05, 0) is 39.7 Å². The summed E-state index contributed by atoms with van der Waals surface area (Å²) in [5.41, 5.74) is -0.333. The molecule has 0 aliphatic heterocycles. The predicted octanol–water partition coefficient (Wildman–Crippen LogP) is 4.67. The van der Waals surface area contributed by atoms with Gasteiger partial charge in [0.25, 0.3) is 0 Å². The SMILES string of the molecule is CCCCCCN(C(=O)CNC(=O)OC(C)(C)C)C(C(=O)NCCCCC)c1ccccc1O. The van der Waals surface area contributed by atoms with E-state index in [1.807, 2.05) is 0 Å². The largest absolute Gasteiger partial charge is 0.508 e. The van der Waals surface area contributed by atoms with Gasteiger partial charge >= 0.3 is 6.09 Å². The Morgan fingerprint density at radius 3 is 2.24 bits per heavy atom. The lowest BCUT2D eigenvalue weighted by Crippen LogP contribution is -2.48. The zero-order valence-corrected chi connectivity index (χ0v) is 21.5. The fraction of sp³-hybridized carbons (Fsp3) is 0.654. The van der Waals surface area contributed by atoms with Crippen molar-refractivity contribution in [2.45, 2.75) is 91.2 Å². The Morgan fingerprint density at radius 2 is 1.62 bits per heavy atom. The molecule has 1 atom stereocenters. The van der Waals surface area contributed by atoms with E-state index in [1.165, 1.54) is 11.0 Å². The van der Waals surface area contributed by atoms with Crippen LogP contribution in [0, 0.1) is 0 Å². The second kappa shape index (κ2) is 15.2. The van der Waals surface area contributed by atoms with Gasteiger partial charge < -0.3 is 25.4 Å². The summed E-state index contributed by atoms with van der Waals surface area (Å²) >= 11 is 0. The molecule has 192 valence electrons. The van der Waals surface area contributed by atoms with Gasteiger partial charge in [0.05, 0.1) is 0 Å². The van der Waals surface area contributed by atoms with Gasteiger partial charge in [-0.2, -0.15) is 0 Å². The zero-order valence-electron chi connectivity index (χ0n) is 21.5. The topological polar surface area (TPSA) is 108 Å². The molecule has 0 heterocycles. The van der Waals surface area contributed by atoms with Crippen molar-refractivity contribution in [2.24, 2.45) is 0 Å². The van der Waals surface area contributed by atoms with E-state index in [0.29, 0.717) is 25.1 Å². The van der Waals surface area contributed by atoms with E-state index >= 15 is 0 Å². The highest BCUT2D eigenvalue weighted by Crippen LogP contribution is 2.29. The van der Waals surface area contributed by atoms with Gasteiger partial charge in [-0.3, -0.25) is 9.59 Å². The lowest BCUT2D eigenvalue weighted by atomic mass is 10.0. The molecule has 0 saturated carbocycles. The van der Waals surface area contributed by atoms with Crippen molar-refractivity contribution < 1.29 is 24.2 Å². The van der Waals surface area contributed by atoms with Crippen molar-refractivity contribution in [2.75, 3.05) is 19.6 Å². The number of amides is 3. The zero-order chi connectivity index (χ0) is 25.6. The smallest absolute Gasteiger partial charge is 0.408 e. The molecule has 0 spiro atoms. The molecule has 0 bridgehead atoms. The van der Waals surface area contributed by atoms with E-state index in [-0.39, 0.29) is 18.2 Å². The van der Waals surface area contributed by atoms with Crippen LogP contribution in [0.1, 0.15) is 91.2 Å². The van der Waals surface area contributed by atoms with Crippen molar-refractivity contribution in [3.63, 3.8) is 0 Å². The number of nitrogens with zero attached hydrogens (tertiary/aromatic N) is 1. The standard InChI is InChI=1S/C26H43N3O5/c1-6-8-10-14-18-29(22(31)19-28-25(33)34-26(3,4)5)23(20-15-11-12-16-21(20)30)24(32)27-17-13-9-7-2/h11-12,15-16,23,30H,6-10,13-14,17-19H2,1-5H3,(H,27,32)(H,28,33). The number of hydrogen-bond acceptors (Lipinski definition) is 5. The highest BCUT2D eigenvalue weighted by atomic mass is 16.6. The van der Waals surface area contributed by atoms with E-state index in [4.69, 9.17) is 4.74 Å². The fourth-order valence-corrected chi connectivity index (χ4v) is 3.52. The average molecular weight is 478 g/mol. The first kappa shape index (κ1) is 29.3. The third-order valence-corrected chi connectivity index (χ3v) is 5.23. The third-order valence-electron chi connectivity index (χ3n) is 5.23. The number of phenols is 1. The Kier molecular flexibility index (Phi) is 13.1. The van der Waals surface area contributed by atoms with Crippen LogP contribution in [0.3, 0.4) is 0 Å². The van der Waals surface area contributed by atoms with Crippen LogP contribution in [-0.2, 0) is 14.3 Å². The molecule has 8 heteroatoms. The molecule has 0 aromatic heterocycles. The normalized spacial score (nSPS) is 12.0. The summed E-state index contributed by atoms with van der Waals surface area (Å²) in [5, 5.41) is 15.9. The van der Waals surface area contributed by atoms with Gasteiger partial charge in [0.1, 0.15) is 23.9 Å². The number of aromatic hydroxyl groups is 1. The number of phenolic OH excluding ortho intramolecular Hbond substituents is 1. The molecular formula is C26H43N3O5. The number of benzene rings is 1. The van der Waals surface area contributed by atoms with E-state index < -0.39 is 23.6 Å². The summed E-state index contributed by atoms with van der Waals surface area (Å²) in [6, 6.07) is 5.56. The molecule has 34 heavy (non-hydrogen) atoms. The highest BCUT2D eigenvalue weighted by Gasteiger charge is 2.33. The molecule has 1 aromatic rings. The fourth-order valence-electron chi connectivity index (χ4n) is 3.52. The number of alkyl carbamates (subject to hydrolysis) is 1. The molecule has 0 aliphatic rings. The summed E-state index contributed by atoms with van der Waals surface area (Å²) in [4.78, 5) is 40.1. The van der Waals surface area contributed by atoms with Crippen LogP contribution < -0.4 is 10.6 Å². The van der Waals surface area contributed by atoms with Crippen LogP contribution in [0.4, 0.5) is 4.79 Å². The molecule has 1 unspecified atom stereocenters. The lowest BCUT2D eigenvalue weighted by Gasteiger charge is -2.32. The average Bonchev–Trinajstić information content (AvgIpc) is 2.77. The minimum Gasteiger partial charge on any atom is -0.508 e. The minimum atomic E-state index is -1.00. The van der Waals surface area contributed by atoms with Crippen molar-refractivity contribution in [3.05, 3.63) is 29.8 Å². The van der Waals surface area contributed by atoms with Gasteiger partial charge in [0, 0.05) is 18.7 Å². The van der Waals surface area contributed by atoms with Crippen LogP contribution >= 0.6 is 0 Å². The molecule has 0 radical (unpaired) electrons. The van der Waals surface area contributed by atoms with Gasteiger partial charge in [-0.25, -0.2) is 4.79 Å². The van der Waals surface area contributed by atoms with E-state index in [2.05, 4.69) is 24.5 Å². The number of hydrogen-bond donors (Lipinski definition) is 3. The number of para-hydroxylation sites is 1. The summed E-state index contributed by atoms with van der Waals surface area (Å²) in [5.74, 6) is -0.819. The summed E-state index contributed by atoms with van der Waals surface area (Å²) in [7, 11) is 0. The number of nitrogens with one attached hydrogen (secondary N) is 2. The van der Waals surface area contributed by atoms with Crippen LogP contribution in [0.15, 0.2) is 24.3 Å². The Morgan fingerprint density at radius 1 is 0.971 bits per heavy atom. The highest BCUT2D eigenvalue weighted by molar-refractivity contribution is 5.90. The maximum Gasteiger partial charge on any atom is 0.408 e. The third kappa shape index (κ3) is 10.9. The van der Waals surface area contributed by atoms with Gasteiger partial charge in [-0.1, -0.05) is 64.2 Å². The number of ether oxygens (including phenoxy) is 1. The van der Waals surface area contributed by atoms with Crippen LogP contribution in [-0.4, -0.2) is 53.1 Å². The Balaban J connectivity index is 3.14. The van der Waals surface area contributed by atoms with Crippen molar-refractivity contribution in [1.29, 1.82) is 0 Å². The lowest BCUT2D eigenvalue weighted by molar-refractivity contribution is -0.140. The number of unbranched alkanes of at least 4 members (excludes halogenated alkanes) is 5. The maximum absolute atomic E-state index is 13.3. The Bertz CT molecular complexity index is 776. The quantitative estimate of drug-likeness (QED) is 0.337. The van der Waals surface area contributed by atoms with Gasteiger partial charge in [0.15, 0.2) is 0 Å². The summed E-state index contributed by atoms with van der Waals surface area (Å²) < 4.78 is 5.23. The second-order valence-electron chi connectivity index (χ2n) is 9.46. The molecule has 0 saturated heterocycles. The number of rotatable bonds is 14. The first-order valence-electron chi connectivity index (χ1n) is 12.4.